The highest BCUT2D eigenvalue weighted by atomic mass is 32.1. The van der Waals surface area contributed by atoms with E-state index in [2.05, 4.69) is 10.3 Å². The van der Waals surface area contributed by atoms with Gasteiger partial charge in [-0.1, -0.05) is 26.0 Å². The van der Waals surface area contributed by atoms with Crippen molar-refractivity contribution in [1.29, 1.82) is 0 Å². The Morgan fingerprint density at radius 2 is 2.00 bits per heavy atom. The third kappa shape index (κ3) is 3.48. The van der Waals surface area contributed by atoms with Crippen molar-refractivity contribution < 1.29 is 19.1 Å². The molecule has 2 N–H and O–H groups in total. The first kappa shape index (κ1) is 16.1. The summed E-state index contributed by atoms with van der Waals surface area (Å²) in [4.78, 5) is 27.5. The Morgan fingerprint density at radius 1 is 1.32 bits per heavy atom. The van der Waals surface area contributed by atoms with Crippen molar-refractivity contribution in [3.63, 3.8) is 0 Å². The maximum Gasteiger partial charge on any atom is 0.326 e. The summed E-state index contributed by atoms with van der Waals surface area (Å²) in [5.74, 6) is -2.29. The first-order valence-corrected chi connectivity index (χ1v) is 7.46. The number of carboxylic acid groups (broad SMARTS) is 1. The standard InChI is InChI=1S/C15H15FN2O3S/c1-8(2)12(15(20)21)18-13(19)11-7-17-14(22-11)9-5-3-4-6-10(9)16/h3-8,12H,1-2H3,(H,18,19)(H,20,21)/t12-/m1/s1. The topological polar surface area (TPSA) is 79.3 Å². The molecule has 1 heterocycles. The SMILES string of the molecule is CC(C)[C@@H](NC(=O)c1cnc(-c2ccccc2F)s1)C(=O)O. The molecule has 0 aliphatic carbocycles. The van der Waals surface area contributed by atoms with E-state index in [4.69, 9.17) is 5.11 Å². The minimum atomic E-state index is -1.10. The summed E-state index contributed by atoms with van der Waals surface area (Å²) in [5, 5.41) is 11.9. The number of carbonyl (C=O) groups excluding carboxylic acids is 1. The molecule has 1 aromatic heterocycles. The summed E-state index contributed by atoms with van der Waals surface area (Å²) in [6.45, 7) is 3.41. The Balaban J connectivity index is 2.19. The minimum Gasteiger partial charge on any atom is -0.480 e. The van der Waals surface area contributed by atoms with Crippen molar-refractivity contribution >= 4 is 23.2 Å². The second kappa shape index (κ2) is 6.65. The highest BCUT2D eigenvalue weighted by Crippen LogP contribution is 2.27. The van der Waals surface area contributed by atoms with Crippen LogP contribution in [-0.2, 0) is 4.79 Å². The van der Waals surface area contributed by atoms with Crippen LogP contribution < -0.4 is 5.32 Å². The summed E-state index contributed by atoms with van der Waals surface area (Å²) in [7, 11) is 0. The van der Waals surface area contributed by atoms with Crippen molar-refractivity contribution in [3.05, 3.63) is 41.2 Å². The predicted octanol–water partition coefficient (Wildman–Crippen LogP) is 2.79. The number of carboxylic acids is 1. The number of hydrogen-bond acceptors (Lipinski definition) is 4. The molecule has 2 aromatic rings. The molecule has 1 aromatic carbocycles. The van der Waals surface area contributed by atoms with Crippen molar-refractivity contribution in [2.45, 2.75) is 19.9 Å². The lowest BCUT2D eigenvalue weighted by Gasteiger charge is -2.17. The summed E-state index contributed by atoms with van der Waals surface area (Å²) in [6.07, 6.45) is 1.32. The third-order valence-electron chi connectivity index (χ3n) is 3.05. The highest BCUT2D eigenvalue weighted by Gasteiger charge is 2.25. The normalized spacial score (nSPS) is 12.2. The molecule has 7 heteroatoms. The first-order valence-electron chi connectivity index (χ1n) is 6.64. The van der Waals surface area contributed by atoms with Gasteiger partial charge in [0.05, 0.1) is 6.20 Å². The van der Waals surface area contributed by atoms with Gasteiger partial charge in [0.25, 0.3) is 5.91 Å². The number of rotatable bonds is 5. The van der Waals surface area contributed by atoms with Crippen molar-refractivity contribution in [1.82, 2.24) is 10.3 Å². The van der Waals surface area contributed by atoms with Gasteiger partial charge >= 0.3 is 5.97 Å². The van der Waals surface area contributed by atoms with Gasteiger partial charge in [-0.3, -0.25) is 4.79 Å². The van der Waals surface area contributed by atoms with Crippen LogP contribution in [-0.4, -0.2) is 28.0 Å². The van der Waals surface area contributed by atoms with Crippen LogP contribution >= 0.6 is 11.3 Å². The Labute approximate surface area is 130 Å². The van der Waals surface area contributed by atoms with Gasteiger partial charge in [-0.15, -0.1) is 11.3 Å². The number of carbonyl (C=O) groups is 2. The molecule has 0 aliphatic rings. The largest absolute Gasteiger partial charge is 0.480 e. The second-order valence-electron chi connectivity index (χ2n) is 5.04. The summed E-state index contributed by atoms with van der Waals surface area (Å²) >= 11 is 1.02. The van der Waals surface area contributed by atoms with Gasteiger partial charge in [0.1, 0.15) is 21.7 Å². The molecule has 0 spiro atoms. The number of amides is 1. The monoisotopic (exact) mass is 322 g/mol. The van der Waals surface area contributed by atoms with E-state index in [0.717, 1.165) is 11.3 Å². The Morgan fingerprint density at radius 3 is 2.59 bits per heavy atom. The maximum absolute atomic E-state index is 13.7. The molecule has 22 heavy (non-hydrogen) atoms. The van der Waals surface area contributed by atoms with Crippen LogP contribution in [0.5, 0.6) is 0 Å². The fourth-order valence-corrected chi connectivity index (χ4v) is 2.71. The van der Waals surface area contributed by atoms with Crippen LogP contribution in [0.1, 0.15) is 23.5 Å². The molecular formula is C15H15FN2O3S. The van der Waals surface area contributed by atoms with Gasteiger partial charge in [-0.2, -0.15) is 0 Å². The van der Waals surface area contributed by atoms with Gasteiger partial charge in [0.15, 0.2) is 0 Å². The van der Waals surface area contributed by atoms with E-state index < -0.39 is 23.7 Å². The molecule has 116 valence electrons. The molecule has 0 unspecified atom stereocenters. The summed E-state index contributed by atoms with van der Waals surface area (Å²) < 4.78 is 13.7. The lowest BCUT2D eigenvalue weighted by molar-refractivity contribution is -0.140. The van der Waals surface area contributed by atoms with Gasteiger partial charge in [-0.25, -0.2) is 14.2 Å². The van der Waals surface area contributed by atoms with Gasteiger partial charge in [0, 0.05) is 5.56 Å². The molecule has 1 amide bonds. The number of benzene rings is 1. The Kier molecular flexibility index (Phi) is 4.87. The zero-order valence-electron chi connectivity index (χ0n) is 12.0. The average molecular weight is 322 g/mol. The molecule has 1 atom stereocenters. The molecule has 0 saturated carbocycles. The van der Waals surface area contributed by atoms with E-state index in [9.17, 15) is 14.0 Å². The molecule has 5 nitrogen and oxygen atoms in total. The fourth-order valence-electron chi connectivity index (χ4n) is 1.86. The number of aliphatic carboxylic acids is 1. The Hall–Kier alpha value is -2.28. The number of halogens is 1. The minimum absolute atomic E-state index is 0.241. The molecule has 0 aliphatic heterocycles. The Bertz CT molecular complexity index is 700. The van der Waals surface area contributed by atoms with Gasteiger partial charge in [0.2, 0.25) is 0 Å². The van der Waals surface area contributed by atoms with Gasteiger partial charge < -0.3 is 10.4 Å². The third-order valence-corrected chi connectivity index (χ3v) is 4.08. The van der Waals surface area contributed by atoms with E-state index >= 15 is 0 Å². The van der Waals surface area contributed by atoms with Crippen molar-refractivity contribution in [2.24, 2.45) is 5.92 Å². The predicted molar refractivity (Wildman–Crippen MR) is 81.2 cm³/mol. The molecule has 0 radical (unpaired) electrons. The molecule has 0 bridgehead atoms. The van der Waals surface area contributed by atoms with Crippen LogP contribution in [0.25, 0.3) is 10.6 Å². The number of hydrogen-bond donors (Lipinski definition) is 2. The molecule has 0 fully saturated rings. The van der Waals surface area contributed by atoms with Crippen LogP contribution in [0.15, 0.2) is 30.5 Å². The fraction of sp³-hybridized carbons (Fsp3) is 0.267. The van der Waals surface area contributed by atoms with Crippen LogP contribution in [0.3, 0.4) is 0 Å². The van der Waals surface area contributed by atoms with E-state index in [-0.39, 0.29) is 10.8 Å². The number of nitrogens with zero attached hydrogens (tertiary/aromatic N) is 1. The number of thiazole rings is 1. The summed E-state index contributed by atoms with van der Waals surface area (Å²) in [5.41, 5.74) is 0.310. The van der Waals surface area contributed by atoms with E-state index in [1.807, 2.05) is 0 Å². The van der Waals surface area contributed by atoms with Gasteiger partial charge in [-0.05, 0) is 18.1 Å². The first-order chi connectivity index (χ1) is 10.4. The number of aromatic nitrogens is 1. The maximum atomic E-state index is 13.7. The average Bonchev–Trinajstić information content (AvgIpc) is 2.94. The molecule has 0 saturated heterocycles. The summed E-state index contributed by atoms with van der Waals surface area (Å²) in [6, 6.07) is 5.16. The smallest absolute Gasteiger partial charge is 0.326 e. The quantitative estimate of drug-likeness (QED) is 0.887. The van der Waals surface area contributed by atoms with Crippen molar-refractivity contribution in [2.75, 3.05) is 0 Å². The highest BCUT2D eigenvalue weighted by molar-refractivity contribution is 7.16. The lowest BCUT2D eigenvalue weighted by atomic mass is 10.0. The van der Waals surface area contributed by atoms with Crippen LogP contribution in [0.2, 0.25) is 0 Å². The van der Waals surface area contributed by atoms with Crippen LogP contribution in [0, 0.1) is 11.7 Å². The van der Waals surface area contributed by atoms with Crippen molar-refractivity contribution in [3.8, 4) is 10.6 Å². The molecule has 2 rings (SSSR count). The zero-order chi connectivity index (χ0) is 16.3. The van der Waals surface area contributed by atoms with Crippen LogP contribution in [0.4, 0.5) is 4.39 Å². The molecular weight excluding hydrogens is 307 g/mol. The van der Waals surface area contributed by atoms with E-state index in [1.165, 1.54) is 12.3 Å². The zero-order valence-corrected chi connectivity index (χ0v) is 12.9. The van der Waals surface area contributed by atoms with E-state index in [1.54, 1.807) is 32.0 Å². The lowest BCUT2D eigenvalue weighted by Crippen LogP contribution is -2.44. The van der Waals surface area contributed by atoms with E-state index in [0.29, 0.717) is 10.6 Å². The number of nitrogens with one attached hydrogen (secondary N) is 1. The second-order valence-corrected chi connectivity index (χ2v) is 6.07.